The van der Waals surface area contributed by atoms with Crippen molar-refractivity contribution >= 4 is 15.5 Å². The highest BCUT2D eigenvalue weighted by atomic mass is 32.2. The number of nitrogen functional groups attached to an aromatic ring is 1. The number of aromatic nitrogens is 1. The third-order valence-electron chi connectivity index (χ3n) is 3.51. The van der Waals surface area contributed by atoms with Gasteiger partial charge >= 0.3 is 0 Å². The van der Waals surface area contributed by atoms with E-state index in [1.165, 1.54) is 16.7 Å². The summed E-state index contributed by atoms with van der Waals surface area (Å²) in [7, 11) is -3.10. The Bertz CT molecular complexity index is 603. The molecule has 2 heterocycles. The summed E-state index contributed by atoms with van der Waals surface area (Å²) in [6.07, 6.45) is 3.10. The average molecular weight is 300 g/mol. The quantitative estimate of drug-likeness (QED) is 0.850. The van der Waals surface area contributed by atoms with Gasteiger partial charge in [0.2, 0.25) is 0 Å². The number of hydrogen-bond donors (Lipinski definition) is 1. The summed E-state index contributed by atoms with van der Waals surface area (Å²) in [5.41, 5.74) is 5.94. The topological polar surface area (TPSA) is 91.4 Å². The molecular weight excluding hydrogens is 280 g/mol. The maximum Gasteiger partial charge on any atom is 0.250 e. The third kappa shape index (κ3) is 3.83. The van der Waals surface area contributed by atoms with E-state index in [2.05, 4.69) is 0 Å². The first-order chi connectivity index (χ1) is 9.49. The molecule has 1 aromatic rings. The SMILES string of the molecule is Nc1ccc(=O)n(CCCS(=O)(=O)C2CCOCC2)c1. The van der Waals surface area contributed by atoms with E-state index in [0.29, 0.717) is 44.7 Å². The van der Waals surface area contributed by atoms with Gasteiger partial charge in [0.1, 0.15) is 0 Å². The molecule has 1 saturated heterocycles. The van der Waals surface area contributed by atoms with Gasteiger partial charge in [-0.1, -0.05) is 0 Å². The first-order valence-corrected chi connectivity index (χ1v) is 8.46. The maximum atomic E-state index is 12.2. The number of pyridine rings is 1. The predicted molar refractivity (Wildman–Crippen MR) is 77.4 cm³/mol. The molecule has 1 aliphatic rings. The summed E-state index contributed by atoms with van der Waals surface area (Å²) >= 11 is 0. The summed E-state index contributed by atoms with van der Waals surface area (Å²) in [4.78, 5) is 11.6. The number of nitrogens with zero attached hydrogens (tertiary/aromatic N) is 1. The predicted octanol–water partition coefficient (Wildman–Crippen LogP) is 0.414. The van der Waals surface area contributed by atoms with Crippen LogP contribution in [0.4, 0.5) is 5.69 Å². The van der Waals surface area contributed by atoms with Gasteiger partial charge in [-0.15, -0.1) is 0 Å². The van der Waals surface area contributed by atoms with Crippen LogP contribution in [0.2, 0.25) is 0 Å². The Morgan fingerprint density at radius 1 is 1.30 bits per heavy atom. The van der Waals surface area contributed by atoms with Gasteiger partial charge in [0.25, 0.3) is 5.56 Å². The van der Waals surface area contributed by atoms with Crippen molar-refractivity contribution in [1.82, 2.24) is 4.57 Å². The number of nitrogens with two attached hydrogens (primary N) is 1. The standard InChI is InChI=1S/C13H20N2O4S/c14-11-2-3-13(16)15(10-11)6-1-9-20(17,18)12-4-7-19-8-5-12/h2-3,10,12H,1,4-9,14H2. The van der Waals surface area contributed by atoms with Crippen molar-refractivity contribution in [3.8, 4) is 0 Å². The van der Waals surface area contributed by atoms with Crippen LogP contribution in [0.1, 0.15) is 19.3 Å². The minimum Gasteiger partial charge on any atom is -0.398 e. The summed E-state index contributed by atoms with van der Waals surface area (Å²) < 4.78 is 30.9. The molecular formula is C13H20N2O4S. The van der Waals surface area contributed by atoms with Crippen molar-refractivity contribution in [3.63, 3.8) is 0 Å². The van der Waals surface area contributed by atoms with Crippen LogP contribution < -0.4 is 11.3 Å². The number of hydrogen-bond acceptors (Lipinski definition) is 5. The van der Waals surface area contributed by atoms with E-state index in [1.54, 1.807) is 6.20 Å². The minimum atomic E-state index is -3.10. The van der Waals surface area contributed by atoms with Crippen LogP contribution >= 0.6 is 0 Å². The molecule has 0 atom stereocenters. The van der Waals surface area contributed by atoms with Gasteiger partial charge < -0.3 is 15.0 Å². The lowest BCUT2D eigenvalue weighted by molar-refractivity contribution is 0.0983. The van der Waals surface area contributed by atoms with Gasteiger partial charge in [0.15, 0.2) is 9.84 Å². The van der Waals surface area contributed by atoms with Crippen LogP contribution in [0.15, 0.2) is 23.1 Å². The Balaban J connectivity index is 1.91. The number of anilines is 1. The molecule has 0 aromatic carbocycles. The molecule has 0 spiro atoms. The van der Waals surface area contributed by atoms with E-state index in [-0.39, 0.29) is 16.6 Å². The Hall–Kier alpha value is -1.34. The lowest BCUT2D eigenvalue weighted by atomic mass is 10.2. The lowest BCUT2D eigenvalue weighted by Crippen LogP contribution is -2.31. The van der Waals surface area contributed by atoms with E-state index in [9.17, 15) is 13.2 Å². The minimum absolute atomic E-state index is 0.0961. The van der Waals surface area contributed by atoms with Crippen molar-refractivity contribution in [3.05, 3.63) is 28.7 Å². The van der Waals surface area contributed by atoms with Crippen LogP contribution in [0, 0.1) is 0 Å². The van der Waals surface area contributed by atoms with Crippen LogP contribution in [0.25, 0.3) is 0 Å². The molecule has 0 amide bonds. The first kappa shape index (κ1) is 15.1. The smallest absolute Gasteiger partial charge is 0.250 e. The number of sulfone groups is 1. The molecule has 6 nitrogen and oxygen atoms in total. The van der Waals surface area contributed by atoms with Crippen molar-refractivity contribution in [1.29, 1.82) is 0 Å². The highest BCUT2D eigenvalue weighted by molar-refractivity contribution is 7.92. The van der Waals surface area contributed by atoms with E-state index in [1.807, 2.05) is 0 Å². The van der Waals surface area contributed by atoms with Crippen LogP contribution in [-0.4, -0.2) is 37.2 Å². The highest BCUT2D eigenvalue weighted by Gasteiger charge is 2.27. The highest BCUT2D eigenvalue weighted by Crippen LogP contribution is 2.17. The molecule has 1 aromatic heterocycles. The van der Waals surface area contributed by atoms with Crippen LogP contribution in [-0.2, 0) is 21.1 Å². The third-order valence-corrected chi connectivity index (χ3v) is 5.86. The molecule has 20 heavy (non-hydrogen) atoms. The molecule has 2 rings (SSSR count). The summed E-state index contributed by atoms with van der Waals surface area (Å²) in [6, 6.07) is 2.93. The van der Waals surface area contributed by atoms with Crippen LogP contribution in [0.3, 0.4) is 0 Å². The molecule has 1 aliphatic heterocycles. The van der Waals surface area contributed by atoms with Gasteiger partial charge in [-0.3, -0.25) is 4.79 Å². The van der Waals surface area contributed by atoms with E-state index < -0.39 is 9.84 Å². The molecule has 0 bridgehead atoms. The molecule has 0 radical (unpaired) electrons. The normalized spacial score (nSPS) is 17.2. The van der Waals surface area contributed by atoms with Crippen molar-refractivity contribution in [2.45, 2.75) is 31.1 Å². The Morgan fingerprint density at radius 2 is 2.00 bits per heavy atom. The maximum absolute atomic E-state index is 12.2. The Morgan fingerprint density at radius 3 is 2.70 bits per heavy atom. The van der Waals surface area contributed by atoms with Crippen molar-refractivity contribution in [2.75, 3.05) is 24.7 Å². The second-order valence-corrected chi connectivity index (χ2v) is 7.43. The van der Waals surface area contributed by atoms with Crippen LogP contribution in [0.5, 0.6) is 0 Å². The monoisotopic (exact) mass is 300 g/mol. The molecule has 2 N–H and O–H groups in total. The largest absolute Gasteiger partial charge is 0.398 e. The zero-order valence-electron chi connectivity index (χ0n) is 11.3. The second-order valence-electron chi connectivity index (χ2n) is 5.03. The van der Waals surface area contributed by atoms with Crippen molar-refractivity contribution in [2.24, 2.45) is 0 Å². The summed E-state index contributed by atoms with van der Waals surface area (Å²) in [5, 5.41) is -0.297. The fraction of sp³-hybridized carbons (Fsp3) is 0.615. The fourth-order valence-corrected chi connectivity index (χ4v) is 4.14. The molecule has 7 heteroatoms. The van der Waals surface area contributed by atoms with E-state index in [0.717, 1.165) is 0 Å². The number of ether oxygens (including phenoxy) is 1. The zero-order valence-corrected chi connectivity index (χ0v) is 12.1. The molecule has 1 fully saturated rings. The first-order valence-electron chi connectivity index (χ1n) is 6.74. The Kier molecular flexibility index (Phi) is 4.82. The number of rotatable bonds is 5. The van der Waals surface area contributed by atoms with Gasteiger partial charge in [-0.2, -0.15) is 0 Å². The van der Waals surface area contributed by atoms with E-state index in [4.69, 9.17) is 10.5 Å². The lowest BCUT2D eigenvalue weighted by Gasteiger charge is -2.22. The van der Waals surface area contributed by atoms with Gasteiger partial charge in [0.05, 0.1) is 11.0 Å². The van der Waals surface area contributed by atoms with Gasteiger partial charge in [-0.25, -0.2) is 8.42 Å². The Labute approximate surface area is 118 Å². The average Bonchev–Trinajstić information content (AvgIpc) is 2.43. The molecule has 112 valence electrons. The van der Waals surface area contributed by atoms with Gasteiger partial charge in [-0.05, 0) is 25.3 Å². The molecule has 0 aliphatic carbocycles. The molecule has 0 unspecified atom stereocenters. The summed E-state index contributed by atoms with van der Waals surface area (Å²) in [6.45, 7) is 1.39. The van der Waals surface area contributed by atoms with E-state index >= 15 is 0 Å². The van der Waals surface area contributed by atoms with Crippen molar-refractivity contribution < 1.29 is 13.2 Å². The second kappa shape index (κ2) is 6.41. The number of aryl methyl sites for hydroxylation is 1. The fourth-order valence-electron chi connectivity index (χ4n) is 2.36. The summed E-state index contributed by atoms with van der Waals surface area (Å²) in [5.74, 6) is 0.0961. The molecule has 0 saturated carbocycles. The van der Waals surface area contributed by atoms with Gasteiger partial charge in [0, 0.05) is 37.7 Å². The zero-order chi connectivity index (χ0) is 14.6.